The van der Waals surface area contributed by atoms with Gasteiger partial charge in [0.1, 0.15) is 5.78 Å². The summed E-state index contributed by atoms with van der Waals surface area (Å²) in [5.41, 5.74) is 6.91. The van der Waals surface area contributed by atoms with E-state index < -0.39 is 24.0 Å². The maximum atomic E-state index is 13.0. The van der Waals surface area contributed by atoms with Crippen molar-refractivity contribution in [2.45, 2.75) is 70.9 Å². The first-order valence-corrected chi connectivity index (χ1v) is 11.0. The van der Waals surface area contributed by atoms with Crippen LogP contribution in [0.2, 0.25) is 0 Å². The Morgan fingerprint density at radius 3 is 2.37 bits per heavy atom. The molecule has 1 aliphatic carbocycles. The van der Waals surface area contributed by atoms with Crippen molar-refractivity contribution in [2.24, 2.45) is 23.5 Å². The molecule has 0 bridgehead atoms. The zero-order chi connectivity index (χ0) is 22.3. The van der Waals surface area contributed by atoms with Crippen LogP contribution in [-0.2, 0) is 14.4 Å². The van der Waals surface area contributed by atoms with E-state index in [4.69, 9.17) is 5.73 Å². The monoisotopic (exact) mass is 416 g/mol. The number of nitrogens with two attached hydrogens (primary N) is 1. The van der Waals surface area contributed by atoms with Gasteiger partial charge in [0, 0.05) is 24.8 Å². The second-order valence-electron chi connectivity index (χ2n) is 8.84. The minimum absolute atomic E-state index is 0.00932. The molecule has 0 spiro atoms. The highest BCUT2D eigenvalue weighted by molar-refractivity contribution is 5.93. The lowest BCUT2D eigenvalue weighted by molar-refractivity contribution is -0.137. The van der Waals surface area contributed by atoms with E-state index in [1.54, 1.807) is 13.8 Å². The average Bonchev–Trinajstić information content (AvgIpc) is 2.75. The van der Waals surface area contributed by atoms with E-state index in [1.165, 1.54) is 12.5 Å². The largest absolute Gasteiger partial charge is 0.393 e. The highest BCUT2D eigenvalue weighted by Gasteiger charge is 2.34. The van der Waals surface area contributed by atoms with Gasteiger partial charge in [-0.25, -0.2) is 0 Å². The molecule has 0 aliphatic heterocycles. The smallest absolute Gasteiger partial charge is 0.226 e. The van der Waals surface area contributed by atoms with Gasteiger partial charge in [0.25, 0.3) is 0 Å². The fourth-order valence-corrected chi connectivity index (χ4v) is 4.30. The molecule has 1 aromatic rings. The van der Waals surface area contributed by atoms with Gasteiger partial charge in [-0.1, -0.05) is 50.6 Å². The molecular formula is C24H36N2O4. The van der Waals surface area contributed by atoms with E-state index in [-0.39, 0.29) is 36.4 Å². The van der Waals surface area contributed by atoms with Crippen LogP contribution in [0, 0.1) is 17.8 Å². The Balaban J connectivity index is 2.02. The molecule has 6 heteroatoms. The van der Waals surface area contributed by atoms with Crippen LogP contribution >= 0.6 is 0 Å². The minimum atomic E-state index is -0.991. The fourth-order valence-electron chi connectivity index (χ4n) is 4.30. The number of hydrogen-bond donors (Lipinski definition) is 3. The molecule has 0 aromatic heterocycles. The number of aliphatic hydroxyl groups excluding tert-OH is 1. The highest BCUT2D eigenvalue weighted by Crippen LogP contribution is 2.37. The van der Waals surface area contributed by atoms with Gasteiger partial charge in [0.2, 0.25) is 5.91 Å². The van der Waals surface area contributed by atoms with Crippen molar-refractivity contribution in [3.63, 3.8) is 0 Å². The zero-order valence-electron chi connectivity index (χ0n) is 18.3. The third-order valence-corrected chi connectivity index (χ3v) is 6.21. The van der Waals surface area contributed by atoms with E-state index in [2.05, 4.69) is 17.4 Å². The third kappa shape index (κ3) is 6.47. The van der Waals surface area contributed by atoms with Gasteiger partial charge in [0.05, 0.1) is 18.1 Å². The Morgan fingerprint density at radius 1 is 1.13 bits per heavy atom. The fraction of sp³-hybridized carbons (Fsp3) is 0.625. The van der Waals surface area contributed by atoms with Gasteiger partial charge in [-0.3, -0.25) is 14.4 Å². The van der Waals surface area contributed by atoms with Crippen molar-refractivity contribution in [3.8, 4) is 0 Å². The van der Waals surface area contributed by atoms with Crippen LogP contribution in [-0.4, -0.2) is 41.3 Å². The first kappa shape index (κ1) is 24.2. The van der Waals surface area contributed by atoms with E-state index >= 15 is 0 Å². The molecule has 6 nitrogen and oxygen atoms in total. The van der Waals surface area contributed by atoms with Crippen molar-refractivity contribution >= 4 is 17.5 Å². The first-order chi connectivity index (χ1) is 14.2. The predicted molar refractivity (Wildman–Crippen MR) is 117 cm³/mol. The third-order valence-electron chi connectivity index (χ3n) is 6.21. The molecule has 0 unspecified atom stereocenters. The molecule has 1 aromatic carbocycles. The van der Waals surface area contributed by atoms with Gasteiger partial charge in [0.15, 0.2) is 5.78 Å². The summed E-state index contributed by atoms with van der Waals surface area (Å²) in [7, 11) is 0. The van der Waals surface area contributed by atoms with Crippen LogP contribution in [0.15, 0.2) is 30.3 Å². The molecule has 30 heavy (non-hydrogen) atoms. The quantitative estimate of drug-likeness (QED) is 0.543. The lowest BCUT2D eigenvalue weighted by atomic mass is 9.75. The van der Waals surface area contributed by atoms with Crippen molar-refractivity contribution in [3.05, 3.63) is 35.9 Å². The standard InChI is InChI=1S/C24H36N2O4/c1-15(2)23(29)21(14-25)26-24(30)20(16(3)27)13-22(28)19-11-7-10-18(12-19)17-8-5-4-6-9-17/h4-6,8-9,15-16,18-21,27H,7,10-14,25H2,1-3H3,(H,26,30)/t16-,18-,19+,20-,21-/m0/s1. The van der Waals surface area contributed by atoms with Crippen LogP contribution in [0.5, 0.6) is 0 Å². The molecule has 4 N–H and O–H groups in total. The van der Waals surface area contributed by atoms with Crippen LogP contribution in [0.1, 0.15) is 64.4 Å². The summed E-state index contributed by atoms with van der Waals surface area (Å²) < 4.78 is 0. The zero-order valence-corrected chi connectivity index (χ0v) is 18.3. The van der Waals surface area contributed by atoms with E-state index in [9.17, 15) is 19.5 Å². The number of nitrogens with one attached hydrogen (secondary N) is 1. The number of hydrogen-bond acceptors (Lipinski definition) is 5. The number of carbonyl (C=O) groups excluding carboxylic acids is 3. The number of amides is 1. The van der Waals surface area contributed by atoms with Crippen molar-refractivity contribution < 1.29 is 19.5 Å². The van der Waals surface area contributed by atoms with Gasteiger partial charge in [-0.15, -0.1) is 0 Å². The molecule has 1 aliphatic rings. The Morgan fingerprint density at radius 2 is 1.80 bits per heavy atom. The average molecular weight is 417 g/mol. The maximum absolute atomic E-state index is 13.0. The van der Waals surface area contributed by atoms with E-state index in [1.807, 2.05) is 18.2 Å². The number of Topliss-reactive ketones (excluding diaryl/α,β-unsaturated/α-hetero) is 2. The molecule has 1 amide bonds. The SMILES string of the molecule is CC(C)C(=O)[C@H](CN)NC(=O)[C@@H](CC(=O)[C@@H]1CCC[C@H](c2ccccc2)C1)[C@H](C)O. The van der Waals surface area contributed by atoms with Crippen molar-refractivity contribution in [1.82, 2.24) is 5.32 Å². The lowest BCUT2D eigenvalue weighted by Gasteiger charge is -2.30. The van der Waals surface area contributed by atoms with Crippen molar-refractivity contribution in [2.75, 3.05) is 6.54 Å². The predicted octanol–water partition coefficient (Wildman–Crippen LogP) is 2.59. The number of aliphatic hydroxyl groups is 1. The van der Waals surface area contributed by atoms with E-state index in [0.717, 1.165) is 25.7 Å². The Hall–Kier alpha value is -2.05. The molecular weight excluding hydrogens is 380 g/mol. The number of carbonyl (C=O) groups is 3. The first-order valence-electron chi connectivity index (χ1n) is 11.0. The molecule has 2 rings (SSSR count). The van der Waals surface area contributed by atoms with E-state index in [0.29, 0.717) is 5.92 Å². The van der Waals surface area contributed by atoms with Gasteiger partial charge in [-0.2, -0.15) is 0 Å². The summed E-state index contributed by atoms with van der Waals surface area (Å²) in [5.74, 6) is -1.54. The molecule has 1 saturated carbocycles. The molecule has 0 saturated heterocycles. The molecule has 0 radical (unpaired) electrons. The highest BCUT2D eigenvalue weighted by atomic mass is 16.3. The van der Waals surface area contributed by atoms with Crippen LogP contribution in [0.3, 0.4) is 0 Å². The van der Waals surface area contributed by atoms with Crippen molar-refractivity contribution in [1.29, 1.82) is 0 Å². The van der Waals surface area contributed by atoms with Crippen LogP contribution < -0.4 is 11.1 Å². The Bertz CT molecular complexity index is 717. The summed E-state index contributed by atoms with van der Waals surface area (Å²) >= 11 is 0. The summed E-state index contributed by atoms with van der Waals surface area (Å²) in [4.78, 5) is 38.0. The van der Waals surface area contributed by atoms with Crippen LogP contribution in [0.4, 0.5) is 0 Å². The number of benzene rings is 1. The second-order valence-corrected chi connectivity index (χ2v) is 8.84. The minimum Gasteiger partial charge on any atom is -0.393 e. The molecule has 1 fully saturated rings. The number of ketones is 2. The topological polar surface area (TPSA) is 109 Å². The summed E-state index contributed by atoms with van der Waals surface area (Å²) in [5, 5.41) is 12.8. The normalized spacial score (nSPS) is 22.2. The summed E-state index contributed by atoms with van der Waals surface area (Å²) in [6.07, 6.45) is 2.60. The number of rotatable bonds is 10. The summed E-state index contributed by atoms with van der Waals surface area (Å²) in [6.45, 7) is 5.00. The maximum Gasteiger partial charge on any atom is 0.226 e. The van der Waals surface area contributed by atoms with Gasteiger partial charge < -0.3 is 16.2 Å². The van der Waals surface area contributed by atoms with Crippen LogP contribution in [0.25, 0.3) is 0 Å². The Kier molecular flexibility index (Phi) is 9.18. The Labute approximate surface area is 179 Å². The second kappa shape index (κ2) is 11.4. The van der Waals surface area contributed by atoms with Gasteiger partial charge >= 0.3 is 0 Å². The lowest BCUT2D eigenvalue weighted by Crippen LogP contribution is -2.51. The molecule has 166 valence electrons. The van der Waals surface area contributed by atoms with Gasteiger partial charge in [-0.05, 0) is 37.7 Å². The summed E-state index contributed by atoms with van der Waals surface area (Å²) in [6, 6.07) is 9.41. The molecule has 5 atom stereocenters. The molecule has 0 heterocycles.